The smallest absolute Gasteiger partial charge is 0.258 e. The lowest BCUT2D eigenvalue weighted by Gasteiger charge is -2.24. The highest BCUT2D eigenvalue weighted by molar-refractivity contribution is 7.93. The SMILES string of the molecule is O=[N+]([O-])c1ccccc1N(c1ccccc1)S(=O)(=O)c1ccccc1[N+](=O)[O-]. The molecule has 0 aromatic heterocycles. The van der Waals surface area contributed by atoms with E-state index in [9.17, 15) is 28.6 Å². The quantitative estimate of drug-likeness (QED) is 0.455. The summed E-state index contributed by atoms with van der Waals surface area (Å²) in [4.78, 5) is 20.7. The summed E-state index contributed by atoms with van der Waals surface area (Å²) in [5.74, 6) is 0. The zero-order chi connectivity index (χ0) is 20.3. The van der Waals surface area contributed by atoms with E-state index >= 15 is 0 Å². The number of anilines is 2. The summed E-state index contributed by atoms with van der Waals surface area (Å²) in [6.07, 6.45) is 0. The molecular formula is C18H13N3O6S. The Kier molecular flexibility index (Phi) is 5.05. The molecule has 28 heavy (non-hydrogen) atoms. The number of nitrogens with zero attached hydrogens (tertiary/aromatic N) is 3. The van der Waals surface area contributed by atoms with Crippen LogP contribution in [0.15, 0.2) is 83.8 Å². The number of hydrogen-bond donors (Lipinski definition) is 0. The van der Waals surface area contributed by atoms with Gasteiger partial charge in [-0.05, 0) is 24.3 Å². The van der Waals surface area contributed by atoms with Crippen LogP contribution >= 0.6 is 0 Å². The predicted molar refractivity (Wildman–Crippen MR) is 102 cm³/mol. The van der Waals surface area contributed by atoms with Crippen LogP contribution in [0.2, 0.25) is 0 Å². The van der Waals surface area contributed by atoms with Gasteiger partial charge in [0.05, 0.1) is 15.5 Å². The topological polar surface area (TPSA) is 124 Å². The Morgan fingerprint density at radius 2 is 1.18 bits per heavy atom. The highest BCUT2D eigenvalue weighted by Crippen LogP contribution is 2.39. The molecule has 0 atom stereocenters. The second-order valence-corrected chi connectivity index (χ2v) is 7.33. The third-order valence-electron chi connectivity index (χ3n) is 3.87. The van der Waals surface area contributed by atoms with E-state index in [-0.39, 0.29) is 11.4 Å². The van der Waals surface area contributed by atoms with Crippen LogP contribution in [0.3, 0.4) is 0 Å². The van der Waals surface area contributed by atoms with Crippen molar-refractivity contribution in [3.05, 3.63) is 99.1 Å². The van der Waals surface area contributed by atoms with E-state index in [1.165, 1.54) is 48.5 Å². The maximum atomic E-state index is 13.4. The minimum atomic E-state index is -4.55. The molecule has 0 aliphatic rings. The van der Waals surface area contributed by atoms with E-state index in [0.29, 0.717) is 0 Å². The van der Waals surface area contributed by atoms with Crippen LogP contribution in [0, 0.1) is 20.2 Å². The summed E-state index contributed by atoms with van der Waals surface area (Å²) in [5.41, 5.74) is -1.19. The summed E-state index contributed by atoms with van der Waals surface area (Å²) in [7, 11) is -4.55. The molecule has 0 fully saturated rings. The van der Waals surface area contributed by atoms with Gasteiger partial charge in [-0.1, -0.05) is 42.5 Å². The van der Waals surface area contributed by atoms with Gasteiger partial charge < -0.3 is 0 Å². The van der Waals surface area contributed by atoms with Crippen LogP contribution < -0.4 is 4.31 Å². The minimum absolute atomic E-state index is 0.106. The fourth-order valence-corrected chi connectivity index (χ4v) is 4.35. The first-order chi connectivity index (χ1) is 13.3. The van der Waals surface area contributed by atoms with E-state index in [2.05, 4.69) is 0 Å². The summed E-state index contributed by atoms with van der Waals surface area (Å²) >= 11 is 0. The summed E-state index contributed by atoms with van der Waals surface area (Å²) in [6, 6.07) is 17.8. The molecule has 0 unspecified atom stereocenters. The molecule has 0 spiro atoms. The molecule has 0 saturated heterocycles. The third kappa shape index (κ3) is 3.40. The third-order valence-corrected chi connectivity index (χ3v) is 5.66. The molecule has 0 bridgehead atoms. The maximum Gasteiger partial charge on any atom is 0.293 e. The van der Waals surface area contributed by atoms with Gasteiger partial charge in [0.1, 0.15) is 5.69 Å². The first-order valence-corrected chi connectivity index (χ1v) is 9.35. The van der Waals surface area contributed by atoms with Gasteiger partial charge in [-0.2, -0.15) is 0 Å². The summed E-state index contributed by atoms with van der Waals surface area (Å²) in [6.45, 7) is 0. The lowest BCUT2D eigenvalue weighted by molar-refractivity contribution is -0.387. The summed E-state index contributed by atoms with van der Waals surface area (Å²) in [5, 5.41) is 22.8. The van der Waals surface area contributed by atoms with Crippen LogP contribution in [0.4, 0.5) is 22.7 Å². The van der Waals surface area contributed by atoms with E-state index in [0.717, 1.165) is 16.4 Å². The Morgan fingerprint density at radius 3 is 1.79 bits per heavy atom. The first-order valence-electron chi connectivity index (χ1n) is 7.91. The van der Waals surface area contributed by atoms with Gasteiger partial charge in [0.15, 0.2) is 4.90 Å². The van der Waals surface area contributed by atoms with Crippen molar-refractivity contribution in [1.82, 2.24) is 0 Å². The van der Waals surface area contributed by atoms with Crippen molar-refractivity contribution in [2.45, 2.75) is 4.90 Å². The van der Waals surface area contributed by atoms with Crippen molar-refractivity contribution in [3.8, 4) is 0 Å². The highest BCUT2D eigenvalue weighted by atomic mass is 32.2. The molecule has 3 aromatic carbocycles. The first kappa shape index (κ1) is 19.0. The Hall–Kier alpha value is -3.79. The lowest BCUT2D eigenvalue weighted by Crippen LogP contribution is -2.27. The normalized spacial score (nSPS) is 11.0. The second kappa shape index (κ2) is 7.45. The molecule has 0 radical (unpaired) electrons. The van der Waals surface area contributed by atoms with Crippen LogP contribution in [0.1, 0.15) is 0 Å². The largest absolute Gasteiger partial charge is 0.293 e. The van der Waals surface area contributed by atoms with Crippen LogP contribution in [0.5, 0.6) is 0 Å². The zero-order valence-corrected chi connectivity index (χ0v) is 15.0. The van der Waals surface area contributed by atoms with E-state index < -0.39 is 36.1 Å². The fourth-order valence-electron chi connectivity index (χ4n) is 2.69. The van der Waals surface area contributed by atoms with Crippen molar-refractivity contribution in [3.63, 3.8) is 0 Å². The number of benzene rings is 3. The molecule has 0 aliphatic carbocycles. The minimum Gasteiger partial charge on any atom is -0.258 e. The highest BCUT2D eigenvalue weighted by Gasteiger charge is 2.35. The van der Waals surface area contributed by atoms with Crippen LogP contribution in [-0.4, -0.2) is 18.3 Å². The van der Waals surface area contributed by atoms with Crippen LogP contribution in [0.25, 0.3) is 0 Å². The number of para-hydroxylation sites is 4. The van der Waals surface area contributed by atoms with Gasteiger partial charge in [0.25, 0.3) is 21.4 Å². The Labute approximate surface area is 159 Å². The van der Waals surface area contributed by atoms with Gasteiger partial charge in [-0.3, -0.25) is 20.2 Å². The fraction of sp³-hybridized carbons (Fsp3) is 0. The van der Waals surface area contributed by atoms with Gasteiger partial charge in [0.2, 0.25) is 0 Å². The number of nitro groups is 2. The van der Waals surface area contributed by atoms with Crippen molar-refractivity contribution >= 4 is 32.8 Å². The van der Waals surface area contributed by atoms with Crippen molar-refractivity contribution in [1.29, 1.82) is 0 Å². The van der Waals surface area contributed by atoms with Gasteiger partial charge in [-0.15, -0.1) is 0 Å². The summed E-state index contributed by atoms with van der Waals surface area (Å²) < 4.78 is 27.6. The molecule has 142 valence electrons. The molecule has 0 saturated carbocycles. The van der Waals surface area contributed by atoms with E-state index in [1.54, 1.807) is 18.2 Å². The predicted octanol–water partition coefficient (Wildman–Crippen LogP) is 4.03. The van der Waals surface area contributed by atoms with Crippen molar-refractivity contribution < 1.29 is 18.3 Å². The average molecular weight is 399 g/mol. The van der Waals surface area contributed by atoms with Crippen molar-refractivity contribution in [2.24, 2.45) is 0 Å². The average Bonchev–Trinajstić information content (AvgIpc) is 2.69. The van der Waals surface area contributed by atoms with Crippen LogP contribution in [-0.2, 0) is 10.0 Å². The van der Waals surface area contributed by atoms with Gasteiger partial charge in [0, 0.05) is 12.1 Å². The molecule has 0 aliphatic heterocycles. The molecule has 0 N–H and O–H groups in total. The molecule has 3 aromatic rings. The van der Waals surface area contributed by atoms with Gasteiger partial charge in [-0.25, -0.2) is 12.7 Å². The molecule has 0 amide bonds. The lowest BCUT2D eigenvalue weighted by atomic mass is 10.2. The molecule has 9 nitrogen and oxygen atoms in total. The number of sulfonamides is 1. The Bertz CT molecular complexity index is 1150. The molecule has 0 heterocycles. The van der Waals surface area contributed by atoms with Crippen molar-refractivity contribution in [2.75, 3.05) is 4.31 Å². The standard InChI is InChI=1S/C18H13N3O6S/c22-20(23)16-11-5-4-10-15(16)19(14-8-2-1-3-9-14)28(26,27)18-13-7-6-12-17(18)21(24)25/h1-13H. The molecule has 10 heteroatoms. The number of rotatable bonds is 6. The maximum absolute atomic E-state index is 13.4. The number of nitro benzene ring substituents is 2. The molecular weight excluding hydrogens is 386 g/mol. The van der Waals surface area contributed by atoms with Gasteiger partial charge >= 0.3 is 0 Å². The second-order valence-electron chi connectivity index (χ2n) is 5.58. The van der Waals surface area contributed by atoms with E-state index in [1.807, 2.05) is 0 Å². The zero-order valence-electron chi connectivity index (χ0n) is 14.2. The Balaban J connectivity index is 2.34. The molecule has 3 rings (SSSR count). The Morgan fingerprint density at radius 1 is 0.679 bits per heavy atom. The monoisotopic (exact) mass is 399 g/mol. The van der Waals surface area contributed by atoms with E-state index in [4.69, 9.17) is 0 Å². The number of hydrogen-bond acceptors (Lipinski definition) is 6.